The molecule has 1 atom stereocenters. The molecule has 0 radical (unpaired) electrons. The van der Waals surface area contributed by atoms with Gasteiger partial charge in [0.15, 0.2) is 0 Å². The fraction of sp³-hybridized carbons (Fsp3) is 0.455. The first-order valence-electron chi connectivity index (χ1n) is 9.58. The van der Waals surface area contributed by atoms with E-state index in [1.54, 1.807) is 18.2 Å². The Morgan fingerprint density at radius 3 is 2.68 bits per heavy atom. The van der Waals surface area contributed by atoms with Crippen molar-refractivity contribution in [3.63, 3.8) is 0 Å². The number of pyridine rings is 1. The first-order chi connectivity index (χ1) is 13.3. The highest BCUT2D eigenvalue weighted by Gasteiger charge is 2.31. The molecular weight excluding hydrogens is 355 g/mol. The third-order valence-corrected chi connectivity index (χ3v) is 5.08. The number of hydrogen-bond donors (Lipinski definition) is 0. The number of nitrogens with zero attached hydrogens (tertiary/aromatic N) is 4. The van der Waals surface area contributed by atoms with Crippen LogP contribution in [0.3, 0.4) is 0 Å². The second kappa shape index (κ2) is 8.15. The normalized spacial score (nSPS) is 18.0. The summed E-state index contributed by atoms with van der Waals surface area (Å²) in [7, 11) is 0. The Bertz CT molecular complexity index is 872. The molecule has 0 bridgehead atoms. The summed E-state index contributed by atoms with van der Waals surface area (Å²) in [4.78, 5) is 9.38. The molecule has 1 fully saturated rings. The van der Waals surface area contributed by atoms with Crippen molar-refractivity contribution in [2.45, 2.75) is 45.9 Å². The van der Waals surface area contributed by atoms with Crippen LogP contribution in [0.15, 0.2) is 36.4 Å². The SMILES string of the molecule is C[C@H]1CN(c2cccc(OCc3ccc(C#N)cc3F)n2)CCN1C(C)(C)C. The van der Waals surface area contributed by atoms with E-state index >= 15 is 0 Å². The van der Waals surface area contributed by atoms with E-state index < -0.39 is 5.82 Å². The fourth-order valence-electron chi connectivity index (χ4n) is 3.71. The van der Waals surface area contributed by atoms with Gasteiger partial charge < -0.3 is 9.64 Å². The second-order valence-corrected chi connectivity index (χ2v) is 8.20. The molecule has 0 spiro atoms. The monoisotopic (exact) mass is 382 g/mol. The maximum atomic E-state index is 14.0. The average Bonchev–Trinajstić information content (AvgIpc) is 2.66. The molecule has 1 aromatic heterocycles. The van der Waals surface area contributed by atoms with Crippen molar-refractivity contribution in [2.24, 2.45) is 0 Å². The van der Waals surface area contributed by atoms with E-state index in [4.69, 9.17) is 10.00 Å². The molecule has 2 aromatic rings. The molecule has 1 aromatic carbocycles. The van der Waals surface area contributed by atoms with E-state index in [0.29, 0.717) is 23.0 Å². The minimum Gasteiger partial charge on any atom is -0.473 e. The van der Waals surface area contributed by atoms with Gasteiger partial charge in [-0.25, -0.2) is 4.39 Å². The molecular formula is C22H27FN4O. The quantitative estimate of drug-likeness (QED) is 0.801. The lowest BCUT2D eigenvalue weighted by Crippen LogP contribution is -2.58. The fourth-order valence-corrected chi connectivity index (χ4v) is 3.71. The Kier molecular flexibility index (Phi) is 5.85. The van der Waals surface area contributed by atoms with Gasteiger partial charge in [0.2, 0.25) is 5.88 Å². The largest absolute Gasteiger partial charge is 0.473 e. The van der Waals surface area contributed by atoms with E-state index in [1.165, 1.54) is 6.07 Å². The molecule has 28 heavy (non-hydrogen) atoms. The molecule has 6 heteroatoms. The number of hydrogen-bond acceptors (Lipinski definition) is 5. The summed E-state index contributed by atoms with van der Waals surface area (Å²) in [5.74, 6) is 0.896. The summed E-state index contributed by atoms with van der Waals surface area (Å²) in [5.41, 5.74) is 0.846. The summed E-state index contributed by atoms with van der Waals surface area (Å²) < 4.78 is 19.7. The zero-order chi connectivity index (χ0) is 20.3. The summed E-state index contributed by atoms with van der Waals surface area (Å²) in [6.07, 6.45) is 0. The average molecular weight is 382 g/mol. The van der Waals surface area contributed by atoms with Crippen LogP contribution in [-0.4, -0.2) is 41.1 Å². The highest BCUT2D eigenvalue weighted by Crippen LogP contribution is 2.25. The third kappa shape index (κ3) is 4.60. The van der Waals surface area contributed by atoms with Crippen LogP contribution in [-0.2, 0) is 6.61 Å². The number of halogens is 1. The maximum Gasteiger partial charge on any atom is 0.215 e. The van der Waals surface area contributed by atoms with Gasteiger partial charge in [0.05, 0.1) is 11.6 Å². The molecule has 3 rings (SSSR count). The van der Waals surface area contributed by atoms with Crippen LogP contribution >= 0.6 is 0 Å². The maximum absolute atomic E-state index is 14.0. The second-order valence-electron chi connectivity index (χ2n) is 8.20. The van der Waals surface area contributed by atoms with Gasteiger partial charge in [0.25, 0.3) is 0 Å². The molecule has 1 aliphatic rings. The lowest BCUT2D eigenvalue weighted by atomic mass is 10.0. The van der Waals surface area contributed by atoms with Gasteiger partial charge in [0.1, 0.15) is 18.2 Å². The van der Waals surface area contributed by atoms with Gasteiger partial charge in [-0.15, -0.1) is 0 Å². The van der Waals surface area contributed by atoms with Gasteiger partial charge in [-0.2, -0.15) is 10.2 Å². The molecule has 0 unspecified atom stereocenters. The minimum atomic E-state index is -0.442. The summed E-state index contributed by atoms with van der Waals surface area (Å²) in [6.45, 7) is 11.8. The van der Waals surface area contributed by atoms with E-state index in [2.05, 4.69) is 42.5 Å². The van der Waals surface area contributed by atoms with Crippen molar-refractivity contribution in [2.75, 3.05) is 24.5 Å². The van der Waals surface area contributed by atoms with E-state index in [0.717, 1.165) is 25.5 Å². The lowest BCUT2D eigenvalue weighted by molar-refractivity contribution is 0.0796. The number of nitriles is 1. The van der Waals surface area contributed by atoms with Gasteiger partial charge in [-0.3, -0.25) is 4.90 Å². The highest BCUT2D eigenvalue weighted by molar-refractivity contribution is 5.41. The predicted molar refractivity (Wildman–Crippen MR) is 108 cm³/mol. The Labute approximate surface area is 166 Å². The van der Waals surface area contributed by atoms with Gasteiger partial charge in [0, 0.05) is 42.8 Å². The molecule has 1 aliphatic heterocycles. The van der Waals surface area contributed by atoms with Crippen LogP contribution in [0.2, 0.25) is 0 Å². The molecule has 1 saturated heterocycles. The van der Waals surface area contributed by atoms with Crippen LogP contribution in [0.1, 0.15) is 38.8 Å². The number of benzene rings is 1. The Hall–Kier alpha value is -2.65. The zero-order valence-corrected chi connectivity index (χ0v) is 16.9. The molecule has 0 N–H and O–H groups in total. The zero-order valence-electron chi connectivity index (χ0n) is 16.9. The van der Waals surface area contributed by atoms with Crippen molar-refractivity contribution in [1.82, 2.24) is 9.88 Å². The molecule has 0 amide bonds. The van der Waals surface area contributed by atoms with Crippen molar-refractivity contribution in [3.8, 4) is 11.9 Å². The smallest absolute Gasteiger partial charge is 0.215 e. The lowest BCUT2D eigenvalue weighted by Gasteiger charge is -2.47. The van der Waals surface area contributed by atoms with E-state index in [-0.39, 0.29) is 12.1 Å². The molecule has 2 heterocycles. The van der Waals surface area contributed by atoms with Crippen molar-refractivity contribution in [3.05, 3.63) is 53.3 Å². The van der Waals surface area contributed by atoms with Crippen molar-refractivity contribution >= 4 is 5.82 Å². The molecule has 0 aliphatic carbocycles. The van der Waals surface area contributed by atoms with Crippen molar-refractivity contribution < 1.29 is 9.13 Å². The number of anilines is 1. The van der Waals surface area contributed by atoms with Crippen LogP contribution in [0, 0.1) is 17.1 Å². The number of ether oxygens (including phenoxy) is 1. The summed E-state index contributed by atoms with van der Waals surface area (Å²) in [6, 6.07) is 12.4. The number of aromatic nitrogens is 1. The van der Waals surface area contributed by atoms with E-state index in [9.17, 15) is 4.39 Å². The number of rotatable bonds is 4. The Morgan fingerprint density at radius 1 is 1.25 bits per heavy atom. The first kappa shape index (κ1) is 20.1. The van der Waals surface area contributed by atoms with Crippen LogP contribution in [0.25, 0.3) is 0 Å². The van der Waals surface area contributed by atoms with Crippen LogP contribution in [0.5, 0.6) is 5.88 Å². The molecule has 148 valence electrons. The van der Waals surface area contributed by atoms with Crippen molar-refractivity contribution in [1.29, 1.82) is 5.26 Å². The van der Waals surface area contributed by atoms with Gasteiger partial charge in [-0.05, 0) is 45.9 Å². The van der Waals surface area contributed by atoms with Gasteiger partial charge >= 0.3 is 0 Å². The molecule has 5 nitrogen and oxygen atoms in total. The predicted octanol–water partition coefficient (Wildman–Crippen LogP) is 3.98. The highest BCUT2D eigenvalue weighted by atomic mass is 19.1. The molecule has 0 saturated carbocycles. The Balaban J connectivity index is 1.66. The first-order valence-corrected chi connectivity index (χ1v) is 9.58. The number of piperazine rings is 1. The van der Waals surface area contributed by atoms with E-state index in [1.807, 2.05) is 18.2 Å². The Morgan fingerprint density at radius 2 is 2.04 bits per heavy atom. The summed E-state index contributed by atoms with van der Waals surface area (Å²) in [5, 5.41) is 8.83. The summed E-state index contributed by atoms with van der Waals surface area (Å²) >= 11 is 0. The van der Waals surface area contributed by atoms with Gasteiger partial charge in [-0.1, -0.05) is 12.1 Å². The van der Waals surface area contributed by atoms with Crippen LogP contribution in [0.4, 0.5) is 10.2 Å². The minimum absolute atomic E-state index is 0.0716. The van der Waals surface area contributed by atoms with Crippen LogP contribution < -0.4 is 9.64 Å². The topological polar surface area (TPSA) is 52.4 Å². The standard InChI is InChI=1S/C22H27FN4O/c1-16-14-26(10-11-27(16)22(2,3)4)20-6-5-7-21(25-20)28-15-18-9-8-17(13-24)12-19(18)23/h5-9,12,16H,10-11,14-15H2,1-4H3/t16-/m0/s1. The third-order valence-electron chi connectivity index (χ3n) is 5.08.